The van der Waals surface area contributed by atoms with Gasteiger partial charge in [0.1, 0.15) is 5.82 Å². The average molecular weight is 463 g/mol. The molecule has 0 aliphatic carbocycles. The largest absolute Gasteiger partial charge is 0.353 e. The molecular weight excluding hydrogens is 440 g/mol. The highest BCUT2D eigenvalue weighted by Crippen LogP contribution is 2.26. The summed E-state index contributed by atoms with van der Waals surface area (Å²) in [6.45, 7) is 1.89. The van der Waals surface area contributed by atoms with Gasteiger partial charge >= 0.3 is 0 Å². The van der Waals surface area contributed by atoms with E-state index in [-0.39, 0.29) is 0 Å². The summed E-state index contributed by atoms with van der Waals surface area (Å²) in [5.74, 6) is 0.684. The first-order valence-corrected chi connectivity index (χ1v) is 13.2. The van der Waals surface area contributed by atoms with Gasteiger partial charge < -0.3 is 4.90 Å². The van der Waals surface area contributed by atoms with Crippen LogP contribution in [0, 0.1) is 0 Å². The fraction of sp³-hybridized carbons (Fsp3) is 0.316. The van der Waals surface area contributed by atoms with Crippen LogP contribution < -0.4 is 9.62 Å². The van der Waals surface area contributed by atoms with Gasteiger partial charge in [0.25, 0.3) is 0 Å². The molecule has 31 heavy (non-hydrogen) atoms. The molecule has 0 bridgehead atoms. The van der Waals surface area contributed by atoms with Crippen LogP contribution in [0.3, 0.4) is 0 Å². The number of hydrogen-bond acceptors (Lipinski definition) is 8. The first kappa shape index (κ1) is 21.4. The normalized spacial score (nSPS) is 15.9. The van der Waals surface area contributed by atoms with Gasteiger partial charge in [-0.15, -0.1) is 0 Å². The number of sulfonamides is 2. The lowest BCUT2D eigenvalue weighted by atomic mass is 10.1. The van der Waals surface area contributed by atoms with Crippen LogP contribution in [0.2, 0.25) is 0 Å². The predicted molar refractivity (Wildman–Crippen MR) is 120 cm³/mol. The van der Waals surface area contributed by atoms with Crippen molar-refractivity contribution in [2.75, 3.05) is 48.3 Å². The summed E-state index contributed by atoms with van der Waals surface area (Å²) in [7, 11) is -6.60. The second-order valence-corrected chi connectivity index (χ2v) is 11.1. The van der Waals surface area contributed by atoms with Crippen molar-refractivity contribution in [2.45, 2.75) is 0 Å². The van der Waals surface area contributed by atoms with Crippen molar-refractivity contribution in [3.05, 3.63) is 42.9 Å². The van der Waals surface area contributed by atoms with Crippen molar-refractivity contribution < 1.29 is 16.8 Å². The minimum atomic E-state index is -3.40. The number of pyridine rings is 1. The zero-order valence-corrected chi connectivity index (χ0v) is 18.7. The monoisotopic (exact) mass is 462 g/mol. The Morgan fingerprint density at radius 2 is 1.61 bits per heavy atom. The molecule has 10 nitrogen and oxygen atoms in total. The quantitative estimate of drug-likeness (QED) is 0.598. The Morgan fingerprint density at radius 3 is 2.29 bits per heavy atom. The first-order valence-electron chi connectivity index (χ1n) is 9.49. The van der Waals surface area contributed by atoms with Gasteiger partial charge in [-0.3, -0.25) is 14.7 Å². The number of nitrogens with zero attached hydrogens (tertiary/aromatic N) is 5. The van der Waals surface area contributed by atoms with E-state index < -0.39 is 20.0 Å². The maximum atomic E-state index is 11.7. The standard InChI is InChI=1S/C19H22N6O4S2/c1-30(26,27)23-16-9-15(11-20-12-16)14-3-4-17-18(10-14)22-19(13-21-17)24-5-7-25(8-6-24)31(2,28)29/h3-4,9-13,23H,5-8H2,1-2H3. The Balaban J connectivity index is 1.61. The molecule has 2 aromatic heterocycles. The van der Waals surface area contributed by atoms with Crippen molar-refractivity contribution in [1.82, 2.24) is 19.3 Å². The fourth-order valence-corrected chi connectivity index (χ4v) is 4.82. The Bertz CT molecular complexity index is 1340. The third-order valence-electron chi connectivity index (χ3n) is 4.94. The molecule has 0 unspecified atom stereocenters. The summed E-state index contributed by atoms with van der Waals surface area (Å²) in [5, 5.41) is 0. The molecule has 3 aromatic rings. The smallest absolute Gasteiger partial charge is 0.229 e. The molecule has 0 saturated carbocycles. The Labute approximate surface area is 181 Å². The molecule has 0 atom stereocenters. The second-order valence-electron chi connectivity index (χ2n) is 7.42. The van der Waals surface area contributed by atoms with Crippen molar-refractivity contribution in [3.8, 4) is 11.1 Å². The van der Waals surface area contributed by atoms with Crippen LogP contribution in [-0.4, -0.2) is 74.8 Å². The lowest BCUT2D eigenvalue weighted by Gasteiger charge is -2.33. The molecule has 0 spiro atoms. The number of anilines is 2. The number of benzene rings is 1. The zero-order valence-electron chi connectivity index (χ0n) is 17.1. The third-order valence-corrected chi connectivity index (χ3v) is 6.85. The number of nitrogens with one attached hydrogen (secondary N) is 1. The van der Waals surface area contributed by atoms with Crippen LogP contribution in [0.15, 0.2) is 42.9 Å². The molecule has 1 aliphatic heterocycles. The Hall–Kier alpha value is -2.83. The predicted octanol–water partition coefficient (Wildman–Crippen LogP) is 1.14. The molecule has 4 rings (SSSR count). The summed E-state index contributed by atoms with van der Waals surface area (Å²) >= 11 is 0. The van der Waals surface area contributed by atoms with Crippen molar-refractivity contribution in [2.24, 2.45) is 0 Å². The fourth-order valence-electron chi connectivity index (χ4n) is 3.45. The van der Waals surface area contributed by atoms with E-state index in [4.69, 9.17) is 4.98 Å². The minimum absolute atomic E-state index is 0.378. The molecule has 1 N–H and O–H groups in total. The molecule has 0 radical (unpaired) electrons. The van der Waals surface area contributed by atoms with Crippen LogP contribution in [0.5, 0.6) is 0 Å². The topological polar surface area (TPSA) is 125 Å². The molecule has 3 heterocycles. The molecular formula is C19H22N6O4S2. The highest BCUT2D eigenvalue weighted by Gasteiger charge is 2.24. The average Bonchev–Trinajstić information content (AvgIpc) is 2.71. The van der Waals surface area contributed by atoms with E-state index in [1.807, 2.05) is 23.1 Å². The van der Waals surface area contributed by atoms with Gasteiger partial charge in [0.15, 0.2) is 0 Å². The van der Waals surface area contributed by atoms with Gasteiger partial charge in [-0.05, 0) is 23.8 Å². The highest BCUT2D eigenvalue weighted by molar-refractivity contribution is 7.92. The van der Waals surface area contributed by atoms with Gasteiger partial charge in [-0.25, -0.2) is 21.8 Å². The molecule has 1 aromatic carbocycles. The van der Waals surface area contributed by atoms with Gasteiger partial charge in [0.05, 0.1) is 41.6 Å². The van der Waals surface area contributed by atoms with E-state index in [1.54, 1.807) is 18.5 Å². The lowest BCUT2D eigenvalue weighted by molar-refractivity contribution is 0.387. The Kier molecular flexibility index (Phi) is 5.54. The SMILES string of the molecule is CS(=O)(=O)Nc1cncc(-c2ccc3ncc(N4CCN(S(C)(=O)=O)CC4)nc3c2)c1. The molecule has 164 valence electrons. The number of hydrogen-bond donors (Lipinski definition) is 1. The summed E-state index contributed by atoms with van der Waals surface area (Å²) in [6.07, 6.45) is 7.09. The molecule has 1 fully saturated rings. The van der Waals surface area contributed by atoms with Crippen LogP contribution >= 0.6 is 0 Å². The van der Waals surface area contributed by atoms with Gasteiger partial charge in [0.2, 0.25) is 20.0 Å². The van der Waals surface area contributed by atoms with Crippen LogP contribution in [-0.2, 0) is 20.0 Å². The molecule has 1 aliphatic rings. The van der Waals surface area contributed by atoms with Crippen LogP contribution in [0.1, 0.15) is 0 Å². The molecule has 12 heteroatoms. The maximum absolute atomic E-state index is 11.7. The maximum Gasteiger partial charge on any atom is 0.229 e. The van der Waals surface area contributed by atoms with E-state index in [0.29, 0.717) is 43.2 Å². The second kappa shape index (κ2) is 8.02. The zero-order chi connectivity index (χ0) is 22.2. The number of fused-ring (bicyclic) bond motifs is 1. The van der Waals surface area contributed by atoms with E-state index in [0.717, 1.165) is 22.9 Å². The molecule has 1 saturated heterocycles. The highest BCUT2D eigenvalue weighted by atomic mass is 32.2. The van der Waals surface area contributed by atoms with E-state index in [2.05, 4.69) is 14.7 Å². The number of aromatic nitrogens is 3. The van der Waals surface area contributed by atoms with E-state index in [9.17, 15) is 16.8 Å². The van der Waals surface area contributed by atoms with Crippen molar-refractivity contribution in [1.29, 1.82) is 0 Å². The van der Waals surface area contributed by atoms with E-state index >= 15 is 0 Å². The van der Waals surface area contributed by atoms with Gasteiger partial charge in [-0.2, -0.15) is 4.31 Å². The summed E-state index contributed by atoms with van der Waals surface area (Å²) in [4.78, 5) is 15.3. The number of rotatable bonds is 5. The lowest BCUT2D eigenvalue weighted by Crippen LogP contribution is -2.48. The minimum Gasteiger partial charge on any atom is -0.353 e. The van der Waals surface area contributed by atoms with Gasteiger partial charge in [0, 0.05) is 37.9 Å². The van der Waals surface area contributed by atoms with Gasteiger partial charge in [-0.1, -0.05) is 6.07 Å². The number of piperazine rings is 1. The van der Waals surface area contributed by atoms with Crippen molar-refractivity contribution in [3.63, 3.8) is 0 Å². The summed E-state index contributed by atoms with van der Waals surface area (Å²) < 4.78 is 50.3. The van der Waals surface area contributed by atoms with Crippen molar-refractivity contribution >= 4 is 42.6 Å². The van der Waals surface area contributed by atoms with Crippen LogP contribution in [0.4, 0.5) is 11.5 Å². The van der Waals surface area contributed by atoms with E-state index in [1.165, 1.54) is 16.8 Å². The summed E-state index contributed by atoms with van der Waals surface area (Å²) in [5.41, 5.74) is 3.35. The Morgan fingerprint density at radius 1 is 0.871 bits per heavy atom. The molecule has 0 amide bonds. The van der Waals surface area contributed by atoms with Crippen LogP contribution in [0.25, 0.3) is 22.2 Å². The third kappa shape index (κ3) is 5.09. The first-order chi connectivity index (χ1) is 14.6. The summed E-state index contributed by atoms with van der Waals surface area (Å²) in [6, 6.07) is 7.30.